The number of ether oxygens (including phenoxy) is 1. The highest BCUT2D eigenvalue weighted by Crippen LogP contribution is 2.18. The number of carbonyl (C=O) groups excluding carboxylic acids is 1. The summed E-state index contributed by atoms with van der Waals surface area (Å²) in [6.45, 7) is 4.77. The van der Waals surface area contributed by atoms with E-state index >= 15 is 0 Å². The van der Waals surface area contributed by atoms with E-state index in [0.717, 1.165) is 38.2 Å². The molecule has 0 saturated carbocycles. The lowest BCUT2D eigenvalue weighted by Gasteiger charge is -2.31. The SMILES string of the molecule is C[C@@H](N)C(=O)N(Cc1ccccc1)CC1CCOCC1. The number of hydrogen-bond donors (Lipinski definition) is 1. The molecule has 0 bridgehead atoms. The molecule has 0 radical (unpaired) electrons. The van der Waals surface area contributed by atoms with Crippen LogP contribution in [-0.2, 0) is 16.1 Å². The zero-order chi connectivity index (χ0) is 14.4. The van der Waals surface area contributed by atoms with E-state index in [9.17, 15) is 4.79 Å². The summed E-state index contributed by atoms with van der Waals surface area (Å²) in [7, 11) is 0. The number of nitrogens with zero attached hydrogens (tertiary/aromatic N) is 1. The van der Waals surface area contributed by atoms with Gasteiger partial charge in [-0.15, -0.1) is 0 Å². The third-order valence-electron chi connectivity index (χ3n) is 3.74. The van der Waals surface area contributed by atoms with E-state index in [0.29, 0.717) is 12.5 Å². The Morgan fingerprint density at radius 1 is 1.35 bits per heavy atom. The van der Waals surface area contributed by atoms with Crippen LogP contribution in [0.15, 0.2) is 30.3 Å². The molecule has 1 heterocycles. The van der Waals surface area contributed by atoms with Crippen molar-refractivity contribution in [2.75, 3.05) is 19.8 Å². The van der Waals surface area contributed by atoms with E-state index in [1.54, 1.807) is 6.92 Å². The Balaban J connectivity index is 2.02. The molecule has 0 aliphatic carbocycles. The first-order valence-corrected chi connectivity index (χ1v) is 7.33. The normalized spacial score (nSPS) is 17.7. The van der Waals surface area contributed by atoms with Crippen LogP contribution >= 0.6 is 0 Å². The second kappa shape index (κ2) is 7.41. The molecule has 110 valence electrons. The average molecular weight is 276 g/mol. The van der Waals surface area contributed by atoms with Crippen LogP contribution in [0.5, 0.6) is 0 Å². The predicted molar refractivity (Wildman–Crippen MR) is 79.1 cm³/mol. The van der Waals surface area contributed by atoms with Crippen LogP contribution in [0.25, 0.3) is 0 Å². The topological polar surface area (TPSA) is 55.6 Å². The second-order valence-corrected chi connectivity index (χ2v) is 5.55. The maximum atomic E-state index is 12.3. The lowest BCUT2D eigenvalue weighted by Crippen LogP contribution is -2.44. The average Bonchev–Trinajstić information content (AvgIpc) is 2.48. The maximum Gasteiger partial charge on any atom is 0.239 e. The van der Waals surface area contributed by atoms with Crippen molar-refractivity contribution in [2.24, 2.45) is 11.7 Å². The molecule has 1 aliphatic rings. The molecule has 1 amide bonds. The third-order valence-corrected chi connectivity index (χ3v) is 3.74. The Morgan fingerprint density at radius 3 is 2.60 bits per heavy atom. The van der Waals surface area contributed by atoms with Crippen LogP contribution < -0.4 is 5.73 Å². The molecule has 1 aromatic rings. The van der Waals surface area contributed by atoms with Gasteiger partial charge in [-0.3, -0.25) is 4.79 Å². The van der Waals surface area contributed by atoms with Gasteiger partial charge in [-0.25, -0.2) is 0 Å². The molecule has 0 aromatic heterocycles. The first-order valence-electron chi connectivity index (χ1n) is 7.33. The molecule has 1 aliphatic heterocycles. The highest BCUT2D eigenvalue weighted by molar-refractivity contribution is 5.81. The highest BCUT2D eigenvalue weighted by Gasteiger charge is 2.23. The van der Waals surface area contributed by atoms with Gasteiger partial charge >= 0.3 is 0 Å². The van der Waals surface area contributed by atoms with Crippen LogP contribution in [0.3, 0.4) is 0 Å². The quantitative estimate of drug-likeness (QED) is 0.892. The van der Waals surface area contributed by atoms with Crippen LogP contribution in [0.4, 0.5) is 0 Å². The number of carbonyl (C=O) groups is 1. The first-order chi connectivity index (χ1) is 9.66. The fourth-order valence-corrected chi connectivity index (χ4v) is 2.56. The summed E-state index contributed by atoms with van der Waals surface area (Å²) in [6.07, 6.45) is 2.05. The summed E-state index contributed by atoms with van der Waals surface area (Å²) in [5.41, 5.74) is 6.93. The lowest BCUT2D eigenvalue weighted by molar-refractivity contribution is -0.134. The predicted octanol–water partition coefficient (Wildman–Crippen LogP) is 1.79. The summed E-state index contributed by atoms with van der Waals surface area (Å²) in [5.74, 6) is 0.551. The van der Waals surface area contributed by atoms with Crippen molar-refractivity contribution < 1.29 is 9.53 Å². The molecular formula is C16H24N2O2. The van der Waals surface area contributed by atoms with Crippen molar-refractivity contribution >= 4 is 5.91 Å². The van der Waals surface area contributed by atoms with Crippen LogP contribution in [0.1, 0.15) is 25.3 Å². The highest BCUT2D eigenvalue weighted by atomic mass is 16.5. The van der Waals surface area contributed by atoms with Crippen LogP contribution in [-0.4, -0.2) is 36.6 Å². The minimum Gasteiger partial charge on any atom is -0.381 e. The molecule has 2 rings (SSSR count). The Bertz CT molecular complexity index is 414. The molecule has 1 atom stereocenters. The minimum absolute atomic E-state index is 0.0281. The van der Waals surface area contributed by atoms with Gasteiger partial charge < -0.3 is 15.4 Å². The maximum absolute atomic E-state index is 12.3. The van der Waals surface area contributed by atoms with Gasteiger partial charge in [0.1, 0.15) is 0 Å². The fraction of sp³-hybridized carbons (Fsp3) is 0.562. The van der Waals surface area contributed by atoms with Gasteiger partial charge in [-0.2, -0.15) is 0 Å². The van der Waals surface area contributed by atoms with E-state index in [1.165, 1.54) is 0 Å². The zero-order valence-electron chi connectivity index (χ0n) is 12.1. The van der Waals surface area contributed by atoms with Gasteiger partial charge in [-0.1, -0.05) is 30.3 Å². The summed E-state index contributed by atoms with van der Waals surface area (Å²) >= 11 is 0. The summed E-state index contributed by atoms with van der Waals surface area (Å²) < 4.78 is 5.38. The minimum atomic E-state index is -0.446. The van der Waals surface area contributed by atoms with Crippen molar-refractivity contribution in [3.8, 4) is 0 Å². The smallest absolute Gasteiger partial charge is 0.239 e. The summed E-state index contributed by atoms with van der Waals surface area (Å²) in [5, 5.41) is 0. The van der Waals surface area contributed by atoms with E-state index < -0.39 is 6.04 Å². The number of amides is 1. The number of rotatable bonds is 5. The van der Waals surface area contributed by atoms with Crippen molar-refractivity contribution in [3.63, 3.8) is 0 Å². The van der Waals surface area contributed by atoms with Crippen LogP contribution in [0.2, 0.25) is 0 Å². The van der Waals surface area contributed by atoms with Gasteiger partial charge in [0, 0.05) is 26.3 Å². The third kappa shape index (κ3) is 4.32. The Labute approximate surface area is 120 Å². The molecule has 0 unspecified atom stereocenters. The van der Waals surface area contributed by atoms with E-state index in [4.69, 9.17) is 10.5 Å². The standard InChI is InChI=1S/C16H24N2O2/c1-13(17)16(19)18(11-14-5-3-2-4-6-14)12-15-7-9-20-10-8-15/h2-6,13,15H,7-12,17H2,1H3/t13-/m1/s1. The monoisotopic (exact) mass is 276 g/mol. The molecule has 1 saturated heterocycles. The summed E-state index contributed by atoms with van der Waals surface area (Å²) in [4.78, 5) is 14.2. The van der Waals surface area contributed by atoms with Gasteiger partial charge in [0.15, 0.2) is 0 Å². The molecule has 4 nitrogen and oxygen atoms in total. The molecule has 2 N–H and O–H groups in total. The molecule has 0 spiro atoms. The van der Waals surface area contributed by atoms with E-state index in [2.05, 4.69) is 0 Å². The van der Waals surface area contributed by atoms with E-state index in [1.807, 2.05) is 35.2 Å². The number of hydrogen-bond acceptors (Lipinski definition) is 3. The Morgan fingerprint density at radius 2 is 2.00 bits per heavy atom. The molecule has 20 heavy (non-hydrogen) atoms. The van der Waals surface area contributed by atoms with Crippen molar-refractivity contribution in [3.05, 3.63) is 35.9 Å². The Kier molecular flexibility index (Phi) is 5.56. The first kappa shape index (κ1) is 15.0. The van der Waals surface area contributed by atoms with Crippen molar-refractivity contribution in [2.45, 2.75) is 32.4 Å². The van der Waals surface area contributed by atoms with Gasteiger partial charge in [0.05, 0.1) is 6.04 Å². The number of benzene rings is 1. The van der Waals surface area contributed by atoms with E-state index in [-0.39, 0.29) is 5.91 Å². The molecule has 4 heteroatoms. The van der Waals surface area contributed by atoms with Gasteiger partial charge in [0.25, 0.3) is 0 Å². The van der Waals surface area contributed by atoms with Crippen LogP contribution in [0, 0.1) is 5.92 Å². The molecule has 1 fully saturated rings. The molecule has 1 aromatic carbocycles. The fourth-order valence-electron chi connectivity index (χ4n) is 2.56. The van der Waals surface area contributed by atoms with Crippen molar-refractivity contribution in [1.29, 1.82) is 0 Å². The molecular weight excluding hydrogens is 252 g/mol. The van der Waals surface area contributed by atoms with Crippen molar-refractivity contribution in [1.82, 2.24) is 4.90 Å². The van der Waals surface area contributed by atoms with Gasteiger partial charge in [-0.05, 0) is 31.2 Å². The largest absolute Gasteiger partial charge is 0.381 e. The summed E-state index contributed by atoms with van der Waals surface area (Å²) in [6, 6.07) is 9.63. The Hall–Kier alpha value is -1.39. The zero-order valence-corrected chi connectivity index (χ0v) is 12.1. The number of nitrogens with two attached hydrogens (primary N) is 1. The van der Waals surface area contributed by atoms with Gasteiger partial charge in [0.2, 0.25) is 5.91 Å². The second-order valence-electron chi connectivity index (χ2n) is 5.55. The lowest BCUT2D eigenvalue weighted by atomic mass is 9.99.